The normalized spacial score (nSPS) is 16.4. The van der Waals surface area contributed by atoms with E-state index in [0.717, 1.165) is 18.5 Å². The molecule has 1 fully saturated rings. The number of rotatable bonds is 1. The van der Waals surface area contributed by atoms with Crippen LogP contribution in [-0.4, -0.2) is 4.98 Å². The predicted octanol–water partition coefficient (Wildman–Crippen LogP) is 1.49. The number of nitrogen functional groups attached to an aromatic ring is 1. The van der Waals surface area contributed by atoms with Crippen LogP contribution in [0.3, 0.4) is 0 Å². The summed E-state index contributed by atoms with van der Waals surface area (Å²) in [6.45, 7) is 0. The molecule has 0 radical (unpaired) electrons. The van der Waals surface area contributed by atoms with E-state index >= 15 is 0 Å². The number of hydrogen-bond donors (Lipinski definition) is 2. The lowest BCUT2D eigenvalue weighted by Crippen LogP contribution is -2.13. The molecule has 2 rings (SSSR count). The van der Waals surface area contributed by atoms with Crippen LogP contribution in [0.2, 0.25) is 5.02 Å². The molecule has 0 unspecified atom stereocenters. The Hall–Kier alpha value is -0.960. The Bertz CT molecular complexity index is 368. The van der Waals surface area contributed by atoms with Gasteiger partial charge in [0, 0.05) is 11.6 Å². The molecule has 0 amide bonds. The molecule has 1 heterocycles. The molecule has 1 aliphatic carbocycles. The number of H-pyrrole nitrogens is 1. The van der Waals surface area contributed by atoms with Gasteiger partial charge in [0.25, 0.3) is 5.56 Å². The van der Waals surface area contributed by atoms with Crippen LogP contribution >= 0.6 is 11.6 Å². The van der Waals surface area contributed by atoms with E-state index in [0.29, 0.717) is 10.9 Å². The van der Waals surface area contributed by atoms with Gasteiger partial charge < -0.3 is 10.7 Å². The number of nitrogens with two attached hydrogens (primary N) is 1. The average Bonchev–Trinajstić information content (AvgIpc) is 2.79. The average molecular weight is 185 g/mol. The van der Waals surface area contributed by atoms with E-state index in [1.807, 2.05) is 0 Å². The van der Waals surface area contributed by atoms with Gasteiger partial charge >= 0.3 is 0 Å². The van der Waals surface area contributed by atoms with Crippen LogP contribution in [0.15, 0.2) is 10.9 Å². The Labute approximate surface area is 74.5 Å². The zero-order chi connectivity index (χ0) is 8.72. The lowest BCUT2D eigenvalue weighted by atomic mass is 10.2. The zero-order valence-corrected chi connectivity index (χ0v) is 7.19. The van der Waals surface area contributed by atoms with E-state index in [1.54, 1.807) is 0 Å². The first-order valence-corrected chi connectivity index (χ1v) is 4.24. The molecule has 1 aliphatic rings. The Morgan fingerprint density at radius 2 is 2.25 bits per heavy atom. The summed E-state index contributed by atoms with van der Waals surface area (Å²) in [4.78, 5) is 13.8. The van der Waals surface area contributed by atoms with Gasteiger partial charge in [0.1, 0.15) is 0 Å². The summed E-state index contributed by atoms with van der Waals surface area (Å²) in [6.07, 6.45) is 2.22. The predicted molar refractivity (Wildman–Crippen MR) is 48.5 cm³/mol. The van der Waals surface area contributed by atoms with Crippen molar-refractivity contribution >= 4 is 17.3 Å². The molecule has 0 aromatic carbocycles. The Kier molecular flexibility index (Phi) is 1.61. The van der Waals surface area contributed by atoms with Crippen molar-refractivity contribution in [2.24, 2.45) is 0 Å². The third-order valence-corrected chi connectivity index (χ3v) is 2.35. The van der Waals surface area contributed by atoms with Crippen LogP contribution in [0.25, 0.3) is 0 Å². The van der Waals surface area contributed by atoms with Gasteiger partial charge in [-0.2, -0.15) is 0 Å². The highest BCUT2D eigenvalue weighted by Crippen LogP contribution is 2.41. The molecule has 0 aliphatic heterocycles. The summed E-state index contributed by atoms with van der Waals surface area (Å²) >= 11 is 5.89. The molecule has 0 spiro atoms. The lowest BCUT2D eigenvalue weighted by Gasteiger charge is -2.01. The fourth-order valence-corrected chi connectivity index (χ4v) is 1.52. The lowest BCUT2D eigenvalue weighted by molar-refractivity contribution is 1.00. The van der Waals surface area contributed by atoms with Crippen molar-refractivity contribution in [2.45, 2.75) is 18.8 Å². The molecule has 3 N–H and O–H groups in total. The van der Waals surface area contributed by atoms with Crippen molar-refractivity contribution in [2.75, 3.05) is 5.73 Å². The van der Waals surface area contributed by atoms with E-state index in [-0.39, 0.29) is 11.2 Å². The number of aromatic amines is 1. The summed E-state index contributed by atoms with van der Waals surface area (Å²) in [7, 11) is 0. The Morgan fingerprint density at radius 3 is 2.83 bits per heavy atom. The minimum Gasteiger partial charge on any atom is -0.394 e. The maximum absolute atomic E-state index is 11.1. The van der Waals surface area contributed by atoms with Crippen molar-refractivity contribution in [3.05, 3.63) is 27.1 Å². The highest BCUT2D eigenvalue weighted by Gasteiger charge is 2.26. The maximum atomic E-state index is 11.1. The molecule has 0 saturated heterocycles. The number of nitrogens with one attached hydrogen (secondary N) is 1. The van der Waals surface area contributed by atoms with Crippen LogP contribution in [0.5, 0.6) is 0 Å². The van der Waals surface area contributed by atoms with Gasteiger partial charge in [-0.3, -0.25) is 4.79 Å². The smallest absolute Gasteiger partial charge is 0.271 e. The Morgan fingerprint density at radius 1 is 1.58 bits per heavy atom. The minimum atomic E-state index is -0.235. The fraction of sp³-hybridized carbons (Fsp3) is 0.375. The molecule has 0 bridgehead atoms. The highest BCUT2D eigenvalue weighted by atomic mass is 35.5. The number of hydrogen-bond acceptors (Lipinski definition) is 2. The van der Waals surface area contributed by atoms with Crippen molar-refractivity contribution in [1.82, 2.24) is 4.98 Å². The molecule has 1 aromatic rings. The topological polar surface area (TPSA) is 58.9 Å². The first-order valence-electron chi connectivity index (χ1n) is 3.86. The van der Waals surface area contributed by atoms with Crippen LogP contribution in [0.1, 0.15) is 24.5 Å². The molecule has 4 heteroatoms. The molecule has 64 valence electrons. The molecule has 12 heavy (non-hydrogen) atoms. The summed E-state index contributed by atoms with van der Waals surface area (Å²) < 4.78 is 0. The van der Waals surface area contributed by atoms with E-state index in [1.165, 1.54) is 6.07 Å². The van der Waals surface area contributed by atoms with Gasteiger partial charge in [-0.1, -0.05) is 11.6 Å². The van der Waals surface area contributed by atoms with Crippen LogP contribution in [-0.2, 0) is 0 Å². The number of pyridine rings is 1. The second kappa shape index (κ2) is 2.52. The molecule has 1 saturated carbocycles. The van der Waals surface area contributed by atoms with Gasteiger partial charge in [0.2, 0.25) is 0 Å². The van der Waals surface area contributed by atoms with E-state index in [2.05, 4.69) is 4.98 Å². The summed E-state index contributed by atoms with van der Waals surface area (Å²) in [5.41, 5.74) is 6.18. The molecule has 1 aromatic heterocycles. The van der Waals surface area contributed by atoms with Crippen LogP contribution in [0.4, 0.5) is 5.69 Å². The summed E-state index contributed by atoms with van der Waals surface area (Å²) in [5.74, 6) is 0.450. The largest absolute Gasteiger partial charge is 0.394 e. The first kappa shape index (κ1) is 7.68. The zero-order valence-electron chi connectivity index (χ0n) is 6.43. The third kappa shape index (κ3) is 1.20. The number of anilines is 1. The fourth-order valence-electron chi connectivity index (χ4n) is 1.20. The second-order valence-electron chi connectivity index (χ2n) is 3.09. The minimum absolute atomic E-state index is 0.185. The van der Waals surface area contributed by atoms with Gasteiger partial charge in [-0.05, 0) is 18.9 Å². The second-order valence-corrected chi connectivity index (χ2v) is 3.50. The van der Waals surface area contributed by atoms with Gasteiger partial charge in [-0.25, -0.2) is 0 Å². The molecular weight excluding hydrogens is 176 g/mol. The monoisotopic (exact) mass is 184 g/mol. The van der Waals surface area contributed by atoms with Crippen molar-refractivity contribution < 1.29 is 0 Å². The van der Waals surface area contributed by atoms with Gasteiger partial charge in [0.15, 0.2) is 0 Å². The molecule has 3 nitrogen and oxygen atoms in total. The molecular formula is C8H9ClN2O. The van der Waals surface area contributed by atoms with E-state index in [9.17, 15) is 4.79 Å². The molecule has 0 atom stereocenters. The van der Waals surface area contributed by atoms with Crippen molar-refractivity contribution in [3.63, 3.8) is 0 Å². The third-order valence-electron chi connectivity index (χ3n) is 2.04. The van der Waals surface area contributed by atoms with Crippen LogP contribution in [0, 0.1) is 0 Å². The van der Waals surface area contributed by atoms with Crippen molar-refractivity contribution in [1.29, 1.82) is 0 Å². The Balaban J connectivity index is 2.54. The SMILES string of the molecule is Nc1cc(Cl)c(C2CC2)[nH]c1=O. The van der Waals surface area contributed by atoms with E-state index in [4.69, 9.17) is 17.3 Å². The number of aromatic nitrogens is 1. The van der Waals surface area contributed by atoms with Gasteiger partial charge in [-0.15, -0.1) is 0 Å². The standard InChI is InChI=1S/C8H9ClN2O/c9-5-3-6(10)8(12)11-7(5)4-1-2-4/h3-4H,1-2,10H2,(H,11,12). The van der Waals surface area contributed by atoms with Crippen LogP contribution < -0.4 is 11.3 Å². The quantitative estimate of drug-likeness (QED) is 0.695. The maximum Gasteiger partial charge on any atom is 0.271 e. The van der Waals surface area contributed by atoms with Gasteiger partial charge in [0.05, 0.1) is 10.7 Å². The van der Waals surface area contributed by atoms with E-state index < -0.39 is 0 Å². The van der Waals surface area contributed by atoms with Crippen molar-refractivity contribution in [3.8, 4) is 0 Å². The summed E-state index contributed by atoms with van der Waals surface area (Å²) in [5, 5.41) is 0.578. The summed E-state index contributed by atoms with van der Waals surface area (Å²) in [6, 6.07) is 1.52. The first-order chi connectivity index (χ1) is 5.68. The highest BCUT2D eigenvalue weighted by molar-refractivity contribution is 6.31. The number of halogens is 1.